The Morgan fingerprint density at radius 3 is 2.61 bits per heavy atom. The Kier molecular flexibility index (Phi) is 5.78. The first-order valence-electron chi connectivity index (χ1n) is 6.23. The van der Waals surface area contributed by atoms with Gasteiger partial charge in [0.15, 0.2) is 0 Å². The van der Waals surface area contributed by atoms with Crippen LogP contribution in [0.25, 0.3) is 0 Å². The van der Waals surface area contributed by atoms with Crippen molar-refractivity contribution in [3.05, 3.63) is 35.6 Å². The summed E-state index contributed by atoms with van der Waals surface area (Å²) in [4.78, 5) is 11.8. The summed E-state index contributed by atoms with van der Waals surface area (Å²) >= 11 is 0. The second-order valence-corrected chi connectivity index (χ2v) is 4.63. The Hall–Kier alpha value is -1.42. The van der Waals surface area contributed by atoms with E-state index in [4.69, 9.17) is 0 Å². The lowest BCUT2D eigenvalue weighted by Crippen LogP contribution is -2.39. The molecule has 2 unspecified atom stereocenters. The zero-order valence-corrected chi connectivity index (χ0v) is 11.2. The summed E-state index contributed by atoms with van der Waals surface area (Å²) in [6, 6.07) is 6.80. The number of hydrogen-bond donors (Lipinski definition) is 2. The van der Waals surface area contributed by atoms with Crippen molar-refractivity contribution in [2.75, 3.05) is 13.6 Å². The van der Waals surface area contributed by atoms with E-state index in [9.17, 15) is 9.18 Å². The van der Waals surface area contributed by atoms with Crippen molar-refractivity contribution in [2.45, 2.75) is 26.3 Å². The van der Waals surface area contributed by atoms with Crippen molar-refractivity contribution in [3.8, 4) is 0 Å². The van der Waals surface area contributed by atoms with Crippen molar-refractivity contribution >= 4 is 5.91 Å². The predicted octanol–water partition coefficient (Wildman–Crippen LogP) is 1.73. The molecule has 2 atom stereocenters. The first-order chi connectivity index (χ1) is 8.54. The molecule has 0 fully saturated rings. The fourth-order valence-electron chi connectivity index (χ4n) is 1.62. The molecule has 0 radical (unpaired) electrons. The number of carbonyl (C=O) groups is 1. The van der Waals surface area contributed by atoms with E-state index in [1.54, 1.807) is 18.2 Å². The lowest BCUT2D eigenvalue weighted by molar-refractivity contribution is -0.124. The Morgan fingerprint density at radius 2 is 2.00 bits per heavy atom. The SMILES string of the molecule is CNC(C)CNC(=O)C(C)Cc1ccccc1F. The molecular formula is C14H21FN2O. The number of hydrogen-bond acceptors (Lipinski definition) is 2. The third kappa shape index (κ3) is 4.45. The van der Waals surface area contributed by atoms with Gasteiger partial charge in [-0.3, -0.25) is 4.79 Å². The number of halogens is 1. The first-order valence-corrected chi connectivity index (χ1v) is 6.23. The van der Waals surface area contributed by atoms with E-state index >= 15 is 0 Å². The van der Waals surface area contributed by atoms with Crippen molar-refractivity contribution in [1.82, 2.24) is 10.6 Å². The minimum absolute atomic E-state index is 0.0413. The van der Waals surface area contributed by atoms with Gasteiger partial charge >= 0.3 is 0 Å². The van der Waals surface area contributed by atoms with E-state index in [2.05, 4.69) is 10.6 Å². The highest BCUT2D eigenvalue weighted by Gasteiger charge is 2.15. The number of likely N-dealkylation sites (N-methyl/N-ethyl adjacent to an activating group) is 1. The molecule has 0 bridgehead atoms. The quantitative estimate of drug-likeness (QED) is 0.809. The van der Waals surface area contributed by atoms with Gasteiger partial charge in [-0.05, 0) is 32.0 Å². The van der Waals surface area contributed by atoms with Crippen molar-refractivity contribution in [1.29, 1.82) is 0 Å². The van der Waals surface area contributed by atoms with Crippen LogP contribution in [0, 0.1) is 11.7 Å². The molecule has 1 aromatic carbocycles. The molecule has 3 nitrogen and oxygen atoms in total. The second kappa shape index (κ2) is 7.11. The minimum Gasteiger partial charge on any atom is -0.354 e. The molecule has 1 rings (SSSR count). The Bertz CT molecular complexity index is 395. The van der Waals surface area contributed by atoms with Crippen LogP contribution < -0.4 is 10.6 Å². The zero-order valence-electron chi connectivity index (χ0n) is 11.2. The van der Waals surface area contributed by atoms with E-state index in [1.807, 2.05) is 20.9 Å². The molecule has 100 valence electrons. The van der Waals surface area contributed by atoms with Gasteiger partial charge in [-0.2, -0.15) is 0 Å². The van der Waals surface area contributed by atoms with Crippen molar-refractivity contribution < 1.29 is 9.18 Å². The second-order valence-electron chi connectivity index (χ2n) is 4.63. The molecule has 0 aromatic heterocycles. The van der Waals surface area contributed by atoms with Crippen molar-refractivity contribution in [2.24, 2.45) is 5.92 Å². The first kappa shape index (κ1) is 14.6. The van der Waals surface area contributed by atoms with Gasteiger partial charge in [-0.1, -0.05) is 25.1 Å². The Labute approximate surface area is 108 Å². The van der Waals surface area contributed by atoms with E-state index in [1.165, 1.54) is 6.07 Å². The maximum atomic E-state index is 13.4. The summed E-state index contributed by atoms with van der Waals surface area (Å²) in [6.07, 6.45) is 0.423. The topological polar surface area (TPSA) is 41.1 Å². The highest BCUT2D eigenvalue weighted by atomic mass is 19.1. The molecule has 0 aliphatic rings. The standard InChI is InChI=1S/C14H21FN2O/c1-10(14(18)17-9-11(2)16-3)8-12-6-4-5-7-13(12)15/h4-7,10-11,16H,8-9H2,1-3H3,(H,17,18). The molecule has 4 heteroatoms. The van der Waals surface area contributed by atoms with Gasteiger partial charge in [0.25, 0.3) is 0 Å². The monoisotopic (exact) mass is 252 g/mol. The maximum Gasteiger partial charge on any atom is 0.223 e. The van der Waals surface area contributed by atoms with Gasteiger partial charge in [0.1, 0.15) is 5.82 Å². The predicted molar refractivity (Wildman–Crippen MR) is 70.8 cm³/mol. The molecule has 0 saturated carbocycles. The van der Waals surface area contributed by atoms with Gasteiger partial charge in [-0.25, -0.2) is 4.39 Å². The van der Waals surface area contributed by atoms with Crippen LogP contribution in [0.1, 0.15) is 19.4 Å². The van der Waals surface area contributed by atoms with Crippen molar-refractivity contribution in [3.63, 3.8) is 0 Å². The van der Waals surface area contributed by atoms with E-state index in [-0.39, 0.29) is 23.7 Å². The summed E-state index contributed by atoms with van der Waals surface area (Å²) < 4.78 is 13.4. The van der Waals surface area contributed by atoms with Crippen LogP contribution in [0.15, 0.2) is 24.3 Å². The molecule has 0 aliphatic carbocycles. The fourth-order valence-corrected chi connectivity index (χ4v) is 1.62. The highest BCUT2D eigenvalue weighted by Crippen LogP contribution is 2.12. The van der Waals surface area contributed by atoms with Crippen LogP contribution in [0.3, 0.4) is 0 Å². The average molecular weight is 252 g/mol. The molecular weight excluding hydrogens is 231 g/mol. The summed E-state index contributed by atoms with van der Waals surface area (Å²) in [5.74, 6) is -0.521. The number of nitrogens with one attached hydrogen (secondary N) is 2. The smallest absolute Gasteiger partial charge is 0.223 e. The molecule has 0 saturated heterocycles. The normalized spacial score (nSPS) is 14.0. The van der Waals surface area contributed by atoms with Crippen LogP contribution >= 0.6 is 0 Å². The van der Waals surface area contributed by atoms with E-state index in [0.717, 1.165) is 0 Å². The molecule has 1 amide bonds. The zero-order chi connectivity index (χ0) is 13.5. The Balaban J connectivity index is 2.47. The molecule has 18 heavy (non-hydrogen) atoms. The average Bonchev–Trinajstić information content (AvgIpc) is 2.38. The Morgan fingerprint density at radius 1 is 1.33 bits per heavy atom. The lowest BCUT2D eigenvalue weighted by Gasteiger charge is -2.15. The highest BCUT2D eigenvalue weighted by molar-refractivity contribution is 5.78. The number of amides is 1. The number of benzene rings is 1. The molecule has 1 aromatic rings. The van der Waals surface area contributed by atoms with Gasteiger partial charge in [0.05, 0.1) is 0 Å². The van der Waals surface area contributed by atoms with Gasteiger partial charge in [0, 0.05) is 18.5 Å². The minimum atomic E-state index is -0.249. The van der Waals surface area contributed by atoms with E-state index in [0.29, 0.717) is 18.5 Å². The summed E-state index contributed by atoms with van der Waals surface area (Å²) in [5, 5.41) is 5.89. The maximum absolute atomic E-state index is 13.4. The molecule has 0 aliphatic heterocycles. The fraction of sp³-hybridized carbons (Fsp3) is 0.500. The molecule has 0 spiro atoms. The van der Waals surface area contributed by atoms with Crippen LogP contribution in [-0.2, 0) is 11.2 Å². The largest absolute Gasteiger partial charge is 0.354 e. The van der Waals surface area contributed by atoms with Gasteiger partial charge < -0.3 is 10.6 Å². The summed E-state index contributed by atoms with van der Waals surface area (Å²) in [6.45, 7) is 4.38. The van der Waals surface area contributed by atoms with Crippen LogP contribution in [0.4, 0.5) is 4.39 Å². The van der Waals surface area contributed by atoms with Crippen LogP contribution in [0.5, 0.6) is 0 Å². The van der Waals surface area contributed by atoms with Crippen LogP contribution in [0.2, 0.25) is 0 Å². The third-order valence-corrected chi connectivity index (χ3v) is 3.01. The van der Waals surface area contributed by atoms with Crippen LogP contribution in [-0.4, -0.2) is 25.5 Å². The summed E-state index contributed by atoms with van der Waals surface area (Å²) in [7, 11) is 1.85. The molecule has 0 heterocycles. The third-order valence-electron chi connectivity index (χ3n) is 3.01. The molecule has 2 N–H and O–H groups in total. The number of carbonyl (C=O) groups excluding carboxylic acids is 1. The van der Waals surface area contributed by atoms with Gasteiger partial charge in [-0.15, -0.1) is 0 Å². The number of rotatable bonds is 6. The lowest BCUT2D eigenvalue weighted by atomic mass is 10.00. The van der Waals surface area contributed by atoms with Gasteiger partial charge in [0.2, 0.25) is 5.91 Å². The summed E-state index contributed by atoms with van der Waals surface area (Å²) in [5.41, 5.74) is 0.585. The van der Waals surface area contributed by atoms with E-state index < -0.39 is 0 Å².